The second kappa shape index (κ2) is 7.25. The molecule has 0 aliphatic carbocycles. The Kier molecular flexibility index (Phi) is 4.88. The maximum Gasteiger partial charge on any atom is 0.253 e. The van der Waals surface area contributed by atoms with E-state index in [0.717, 1.165) is 11.3 Å². The number of fused-ring (bicyclic) bond motifs is 1. The molecule has 0 aromatic heterocycles. The van der Waals surface area contributed by atoms with Crippen LogP contribution in [0.25, 0.3) is 0 Å². The van der Waals surface area contributed by atoms with Gasteiger partial charge in [-0.1, -0.05) is 6.07 Å². The molecule has 2 aromatic carbocycles. The summed E-state index contributed by atoms with van der Waals surface area (Å²) in [5, 5.41) is 2.68. The van der Waals surface area contributed by atoms with E-state index in [0.29, 0.717) is 36.8 Å². The molecule has 2 amide bonds. The quantitative estimate of drug-likeness (QED) is 0.929. The number of anilines is 1. The van der Waals surface area contributed by atoms with Crippen molar-refractivity contribution in [1.29, 1.82) is 0 Å². The summed E-state index contributed by atoms with van der Waals surface area (Å²) in [6, 6.07) is 12.5. The number of ether oxygens (including phenoxy) is 2. The molecule has 1 aliphatic rings. The van der Waals surface area contributed by atoms with Crippen LogP contribution in [0.15, 0.2) is 42.5 Å². The molecule has 2 aromatic rings. The lowest BCUT2D eigenvalue weighted by Gasteiger charge is -2.21. The summed E-state index contributed by atoms with van der Waals surface area (Å²) in [6.45, 7) is 2.99. The monoisotopic (exact) mass is 340 g/mol. The van der Waals surface area contributed by atoms with Gasteiger partial charge in [0.05, 0.1) is 0 Å². The van der Waals surface area contributed by atoms with E-state index in [1.165, 1.54) is 6.92 Å². The van der Waals surface area contributed by atoms with Crippen LogP contribution >= 0.6 is 0 Å². The lowest BCUT2D eigenvalue weighted by atomic mass is 10.1. The van der Waals surface area contributed by atoms with Crippen LogP contribution < -0.4 is 14.8 Å². The van der Waals surface area contributed by atoms with Gasteiger partial charge < -0.3 is 19.7 Å². The third-order valence-electron chi connectivity index (χ3n) is 3.83. The third kappa shape index (κ3) is 4.09. The van der Waals surface area contributed by atoms with Crippen molar-refractivity contribution in [3.63, 3.8) is 0 Å². The van der Waals surface area contributed by atoms with Crippen molar-refractivity contribution in [1.82, 2.24) is 4.90 Å². The standard InChI is InChI=1S/C19H20N2O4/c1-13(22)20-16-6-4-15(5-7-16)19(23)21(2)12-14-3-8-17-18(11-14)25-10-9-24-17/h3-8,11H,9-10,12H2,1-2H3,(H,20,22). The number of nitrogens with zero attached hydrogens (tertiary/aromatic N) is 1. The molecule has 0 bridgehead atoms. The van der Waals surface area contributed by atoms with Crippen molar-refractivity contribution >= 4 is 17.5 Å². The van der Waals surface area contributed by atoms with Crippen LogP contribution in [0, 0.1) is 0 Å². The Balaban J connectivity index is 1.67. The minimum atomic E-state index is -0.144. The number of nitrogens with one attached hydrogen (secondary N) is 1. The van der Waals surface area contributed by atoms with Gasteiger partial charge in [-0.3, -0.25) is 9.59 Å². The first-order valence-electron chi connectivity index (χ1n) is 8.04. The number of hydrogen-bond acceptors (Lipinski definition) is 4. The van der Waals surface area contributed by atoms with E-state index >= 15 is 0 Å². The summed E-state index contributed by atoms with van der Waals surface area (Å²) in [7, 11) is 1.75. The topological polar surface area (TPSA) is 67.9 Å². The molecule has 1 heterocycles. The highest BCUT2D eigenvalue weighted by Gasteiger charge is 2.15. The van der Waals surface area contributed by atoms with Crippen LogP contribution in [0.1, 0.15) is 22.8 Å². The van der Waals surface area contributed by atoms with E-state index in [1.807, 2.05) is 18.2 Å². The van der Waals surface area contributed by atoms with Gasteiger partial charge in [0.2, 0.25) is 5.91 Å². The van der Waals surface area contributed by atoms with E-state index < -0.39 is 0 Å². The zero-order valence-corrected chi connectivity index (χ0v) is 14.2. The lowest BCUT2D eigenvalue weighted by Crippen LogP contribution is -2.26. The van der Waals surface area contributed by atoms with Gasteiger partial charge >= 0.3 is 0 Å². The molecule has 1 N–H and O–H groups in total. The first kappa shape index (κ1) is 16.8. The van der Waals surface area contributed by atoms with E-state index in [9.17, 15) is 9.59 Å². The van der Waals surface area contributed by atoms with Crippen LogP contribution in [0.3, 0.4) is 0 Å². The van der Waals surface area contributed by atoms with Gasteiger partial charge in [-0.15, -0.1) is 0 Å². The Hall–Kier alpha value is -3.02. The number of carbonyl (C=O) groups is 2. The Morgan fingerprint density at radius 3 is 2.40 bits per heavy atom. The van der Waals surface area contributed by atoms with Gasteiger partial charge in [0.1, 0.15) is 13.2 Å². The SMILES string of the molecule is CC(=O)Nc1ccc(C(=O)N(C)Cc2ccc3c(c2)OCCO3)cc1. The van der Waals surface area contributed by atoms with Gasteiger partial charge in [0.15, 0.2) is 11.5 Å². The van der Waals surface area contributed by atoms with E-state index in [1.54, 1.807) is 36.2 Å². The molecule has 0 unspecified atom stereocenters. The van der Waals surface area contributed by atoms with E-state index in [-0.39, 0.29) is 11.8 Å². The Labute approximate surface area is 146 Å². The molecule has 130 valence electrons. The summed E-state index contributed by atoms with van der Waals surface area (Å²) in [6.07, 6.45) is 0. The molecule has 0 saturated heterocycles. The maximum absolute atomic E-state index is 12.6. The van der Waals surface area contributed by atoms with Gasteiger partial charge in [-0.25, -0.2) is 0 Å². The number of benzene rings is 2. The van der Waals surface area contributed by atoms with Crippen molar-refractivity contribution in [2.45, 2.75) is 13.5 Å². The minimum Gasteiger partial charge on any atom is -0.486 e. The number of carbonyl (C=O) groups excluding carboxylic acids is 2. The fraction of sp³-hybridized carbons (Fsp3) is 0.263. The van der Waals surface area contributed by atoms with Gasteiger partial charge in [0.25, 0.3) is 5.91 Å². The Morgan fingerprint density at radius 2 is 1.72 bits per heavy atom. The van der Waals surface area contributed by atoms with Crippen molar-refractivity contribution in [2.24, 2.45) is 0 Å². The third-order valence-corrected chi connectivity index (χ3v) is 3.83. The van der Waals surface area contributed by atoms with Crippen molar-refractivity contribution in [3.8, 4) is 11.5 Å². The number of rotatable bonds is 4. The smallest absolute Gasteiger partial charge is 0.253 e. The highest BCUT2D eigenvalue weighted by Crippen LogP contribution is 2.31. The lowest BCUT2D eigenvalue weighted by molar-refractivity contribution is -0.114. The van der Waals surface area contributed by atoms with Gasteiger partial charge in [-0.05, 0) is 42.0 Å². The highest BCUT2D eigenvalue weighted by molar-refractivity contribution is 5.95. The molecule has 0 atom stereocenters. The fourth-order valence-electron chi connectivity index (χ4n) is 2.65. The number of amides is 2. The highest BCUT2D eigenvalue weighted by atomic mass is 16.6. The zero-order chi connectivity index (χ0) is 17.8. The molecular formula is C19H20N2O4. The van der Waals surface area contributed by atoms with E-state index in [4.69, 9.17) is 9.47 Å². The number of hydrogen-bond donors (Lipinski definition) is 1. The van der Waals surface area contributed by atoms with Crippen LogP contribution in [0.5, 0.6) is 11.5 Å². The first-order valence-corrected chi connectivity index (χ1v) is 8.04. The minimum absolute atomic E-state index is 0.0933. The van der Waals surface area contributed by atoms with Crippen LogP contribution in [-0.2, 0) is 11.3 Å². The van der Waals surface area contributed by atoms with E-state index in [2.05, 4.69) is 5.32 Å². The molecule has 25 heavy (non-hydrogen) atoms. The summed E-state index contributed by atoms with van der Waals surface area (Å²) in [4.78, 5) is 25.2. The second-order valence-electron chi connectivity index (χ2n) is 5.90. The van der Waals surface area contributed by atoms with Crippen molar-refractivity contribution in [2.75, 3.05) is 25.6 Å². The van der Waals surface area contributed by atoms with Crippen molar-refractivity contribution in [3.05, 3.63) is 53.6 Å². The Bertz CT molecular complexity index is 787. The molecular weight excluding hydrogens is 320 g/mol. The predicted molar refractivity (Wildman–Crippen MR) is 94.0 cm³/mol. The normalized spacial score (nSPS) is 12.4. The summed E-state index contributed by atoms with van der Waals surface area (Å²) in [5.41, 5.74) is 2.20. The van der Waals surface area contributed by atoms with Crippen LogP contribution in [0.4, 0.5) is 5.69 Å². The molecule has 0 fully saturated rings. The molecule has 0 spiro atoms. The predicted octanol–water partition coefficient (Wildman–Crippen LogP) is 2.69. The van der Waals surface area contributed by atoms with Crippen molar-refractivity contribution < 1.29 is 19.1 Å². The summed E-state index contributed by atoms with van der Waals surface area (Å²) in [5.74, 6) is 1.21. The van der Waals surface area contributed by atoms with Gasteiger partial charge in [-0.2, -0.15) is 0 Å². The molecule has 1 aliphatic heterocycles. The average molecular weight is 340 g/mol. The largest absolute Gasteiger partial charge is 0.486 e. The molecule has 3 rings (SSSR count). The molecule has 0 radical (unpaired) electrons. The second-order valence-corrected chi connectivity index (χ2v) is 5.90. The fourth-order valence-corrected chi connectivity index (χ4v) is 2.65. The van der Waals surface area contributed by atoms with Crippen LogP contribution in [-0.4, -0.2) is 37.0 Å². The molecule has 0 saturated carbocycles. The first-order chi connectivity index (χ1) is 12.0. The zero-order valence-electron chi connectivity index (χ0n) is 14.2. The molecule has 6 nitrogen and oxygen atoms in total. The average Bonchev–Trinajstić information content (AvgIpc) is 2.61. The Morgan fingerprint density at radius 1 is 1.04 bits per heavy atom. The summed E-state index contributed by atoms with van der Waals surface area (Å²) < 4.78 is 11.1. The molecule has 6 heteroatoms. The van der Waals surface area contributed by atoms with Crippen LogP contribution in [0.2, 0.25) is 0 Å². The van der Waals surface area contributed by atoms with Gasteiger partial charge in [0, 0.05) is 31.8 Å². The summed E-state index contributed by atoms with van der Waals surface area (Å²) >= 11 is 0. The maximum atomic E-state index is 12.6.